The van der Waals surface area contributed by atoms with Crippen molar-refractivity contribution in [2.45, 2.75) is 69.5 Å². The molecule has 1 saturated carbocycles. The summed E-state index contributed by atoms with van der Waals surface area (Å²) in [4.78, 5) is 32.9. The van der Waals surface area contributed by atoms with Crippen LogP contribution >= 0.6 is 11.8 Å². The first-order valence-electron chi connectivity index (χ1n) is 9.15. The van der Waals surface area contributed by atoms with Crippen molar-refractivity contribution in [2.75, 3.05) is 12.9 Å². The summed E-state index contributed by atoms with van der Waals surface area (Å²) in [5, 5.41) is 12.8. The Hall–Kier alpha value is -2.14. The van der Waals surface area contributed by atoms with Gasteiger partial charge in [-0.1, -0.05) is 31.0 Å². The van der Waals surface area contributed by atoms with Crippen LogP contribution in [-0.4, -0.2) is 40.2 Å². The lowest BCUT2D eigenvalue weighted by atomic mass is 9.83. The monoisotopic (exact) mass is 390 g/mol. The number of nitrogens with one attached hydrogen (secondary N) is 1. The fraction of sp³-hybridized carbons (Fsp3) is 0.632. The zero-order valence-electron chi connectivity index (χ0n) is 16.1. The second-order valence-corrected chi connectivity index (χ2v) is 7.60. The van der Waals surface area contributed by atoms with E-state index in [0.29, 0.717) is 24.4 Å². The van der Waals surface area contributed by atoms with E-state index in [9.17, 15) is 14.9 Å². The predicted molar refractivity (Wildman–Crippen MR) is 102 cm³/mol. The van der Waals surface area contributed by atoms with E-state index >= 15 is 0 Å². The Labute approximate surface area is 164 Å². The Morgan fingerprint density at radius 1 is 1.22 bits per heavy atom. The molecule has 0 spiro atoms. The van der Waals surface area contributed by atoms with Gasteiger partial charge in [-0.3, -0.25) is 9.59 Å². The molecular weight excluding hydrogens is 364 g/mol. The molecule has 27 heavy (non-hydrogen) atoms. The van der Waals surface area contributed by atoms with Crippen LogP contribution in [0.25, 0.3) is 0 Å². The van der Waals surface area contributed by atoms with Crippen molar-refractivity contribution < 1.29 is 14.3 Å². The van der Waals surface area contributed by atoms with Crippen molar-refractivity contribution in [2.24, 2.45) is 0 Å². The Morgan fingerprint density at radius 2 is 1.85 bits per heavy atom. The molecule has 0 saturated heterocycles. The summed E-state index contributed by atoms with van der Waals surface area (Å²) in [5.41, 5.74) is 1.82. The molecular formula is C19H26N4O3S. The van der Waals surface area contributed by atoms with Crippen molar-refractivity contribution in [1.82, 2.24) is 15.3 Å². The number of hydrogen-bond donors (Lipinski definition) is 1. The van der Waals surface area contributed by atoms with Crippen LogP contribution in [0, 0.1) is 25.2 Å². The molecule has 2 rings (SSSR count). The number of nitriles is 1. The van der Waals surface area contributed by atoms with Crippen LogP contribution in [0.4, 0.5) is 0 Å². The molecule has 0 aromatic carbocycles. The quantitative estimate of drug-likeness (QED) is 0.433. The lowest BCUT2D eigenvalue weighted by molar-refractivity contribution is -0.149. The minimum absolute atomic E-state index is 0.153. The van der Waals surface area contributed by atoms with Crippen molar-refractivity contribution in [3.63, 3.8) is 0 Å². The van der Waals surface area contributed by atoms with Crippen molar-refractivity contribution in [3.8, 4) is 6.07 Å². The lowest BCUT2D eigenvalue weighted by Crippen LogP contribution is -2.50. The smallest absolute Gasteiger partial charge is 0.306 e. The average Bonchev–Trinajstić information content (AvgIpc) is 2.66. The summed E-state index contributed by atoms with van der Waals surface area (Å²) < 4.78 is 5.08. The number of esters is 1. The molecule has 7 nitrogen and oxygen atoms in total. The van der Waals surface area contributed by atoms with Crippen LogP contribution in [0.15, 0.2) is 5.16 Å². The van der Waals surface area contributed by atoms with Gasteiger partial charge in [0.2, 0.25) is 0 Å². The standard InChI is InChI=1S/C19H26N4O3S/c1-13-15(14(2)22-18(21-13)27-3)7-8-17(25)26-11-16(24)23-19(12-20)9-5-4-6-10-19/h4-11H2,1-3H3,(H,23,24). The molecule has 0 radical (unpaired) electrons. The molecule has 1 N–H and O–H groups in total. The number of aryl methyl sites for hydroxylation is 2. The number of ether oxygens (including phenoxy) is 1. The zero-order chi connectivity index (χ0) is 19.9. The number of nitrogens with zero attached hydrogens (tertiary/aromatic N) is 3. The molecule has 0 bridgehead atoms. The zero-order valence-corrected chi connectivity index (χ0v) is 16.9. The van der Waals surface area contributed by atoms with Crippen molar-refractivity contribution in [1.29, 1.82) is 5.26 Å². The van der Waals surface area contributed by atoms with Crippen LogP contribution in [0.2, 0.25) is 0 Å². The Bertz CT molecular complexity index is 716. The van der Waals surface area contributed by atoms with Gasteiger partial charge in [0.05, 0.1) is 6.07 Å². The van der Waals surface area contributed by atoms with Gasteiger partial charge < -0.3 is 10.1 Å². The van der Waals surface area contributed by atoms with Crippen LogP contribution < -0.4 is 5.32 Å². The van der Waals surface area contributed by atoms with Gasteiger partial charge in [0.1, 0.15) is 5.54 Å². The molecule has 1 aliphatic rings. The number of carbonyl (C=O) groups is 2. The minimum Gasteiger partial charge on any atom is -0.456 e. The van der Waals surface area contributed by atoms with Crippen LogP contribution in [0.3, 0.4) is 0 Å². The second kappa shape index (κ2) is 9.70. The molecule has 8 heteroatoms. The number of amides is 1. The van der Waals surface area contributed by atoms with E-state index in [4.69, 9.17) is 4.74 Å². The number of carbonyl (C=O) groups excluding carboxylic acids is 2. The van der Waals surface area contributed by atoms with Gasteiger partial charge in [-0.2, -0.15) is 5.26 Å². The third-order valence-electron chi connectivity index (χ3n) is 4.83. The highest BCUT2D eigenvalue weighted by Gasteiger charge is 2.33. The maximum atomic E-state index is 12.1. The van der Waals surface area contributed by atoms with Gasteiger partial charge in [0.25, 0.3) is 5.91 Å². The van der Waals surface area contributed by atoms with Gasteiger partial charge in [-0.05, 0) is 44.9 Å². The first-order valence-corrected chi connectivity index (χ1v) is 10.4. The SMILES string of the molecule is CSc1nc(C)c(CCC(=O)OCC(=O)NC2(C#N)CCCCC2)c(C)n1. The highest BCUT2D eigenvalue weighted by Crippen LogP contribution is 2.27. The second-order valence-electron chi connectivity index (χ2n) is 6.82. The Morgan fingerprint density at radius 3 is 2.41 bits per heavy atom. The topological polar surface area (TPSA) is 105 Å². The summed E-state index contributed by atoms with van der Waals surface area (Å²) >= 11 is 1.48. The van der Waals surface area contributed by atoms with E-state index in [1.165, 1.54) is 11.8 Å². The summed E-state index contributed by atoms with van der Waals surface area (Å²) in [6.07, 6.45) is 6.75. The van der Waals surface area contributed by atoms with Gasteiger partial charge in [-0.25, -0.2) is 9.97 Å². The molecule has 0 unspecified atom stereocenters. The molecule has 1 heterocycles. The Kier molecular flexibility index (Phi) is 7.60. The largest absolute Gasteiger partial charge is 0.456 e. The molecule has 146 valence electrons. The Balaban J connectivity index is 1.81. The maximum absolute atomic E-state index is 12.1. The van der Waals surface area contributed by atoms with E-state index < -0.39 is 17.4 Å². The number of rotatable bonds is 7. The van der Waals surface area contributed by atoms with Gasteiger partial charge in [-0.15, -0.1) is 0 Å². The molecule has 1 aromatic rings. The van der Waals surface area contributed by atoms with Gasteiger partial charge in [0, 0.05) is 17.8 Å². The summed E-state index contributed by atoms with van der Waals surface area (Å²) in [5.74, 6) is -0.876. The van der Waals surface area contributed by atoms with Crippen molar-refractivity contribution in [3.05, 3.63) is 17.0 Å². The van der Waals surface area contributed by atoms with Crippen LogP contribution in [-0.2, 0) is 20.7 Å². The lowest BCUT2D eigenvalue weighted by Gasteiger charge is -2.31. The number of hydrogen-bond acceptors (Lipinski definition) is 7. The highest BCUT2D eigenvalue weighted by atomic mass is 32.2. The normalized spacial score (nSPS) is 15.6. The first kappa shape index (κ1) is 21.2. The van der Waals surface area contributed by atoms with Crippen LogP contribution in [0.1, 0.15) is 55.5 Å². The summed E-state index contributed by atoms with van der Waals surface area (Å²) in [6.45, 7) is 3.43. The number of thioether (sulfide) groups is 1. The minimum atomic E-state index is -0.813. The predicted octanol–water partition coefficient (Wildman–Crippen LogP) is 2.63. The molecule has 1 aliphatic carbocycles. The third-order valence-corrected chi connectivity index (χ3v) is 5.37. The molecule has 0 aliphatic heterocycles. The first-order chi connectivity index (χ1) is 12.9. The molecule has 1 aromatic heterocycles. The van der Waals surface area contributed by atoms with E-state index in [2.05, 4.69) is 21.4 Å². The van der Waals surface area contributed by atoms with E-state index in [0.717, 1.165) is 36.2 Å². The maximum Gasteiger partial charge on any atom is 0.306 e. The van der Waals surface area contributed by atoms with E-state index in [1.807, 2.05) is 20.1 Å². The molecule has 1 amide bonds. The fourth-order valence-electron chi connectivity index (χ4n) is 3.33. The van der Waals surface area contributed by atoms with Crippen molar-refractivity contribution >= 4 is 23.6 Å². The van der Waals surface area contributed by atoms with Crippen LogP contribution in [0.5, 0.6) is 0 Å². The molecule has 0 atom stereocenters. The fourth-order valence-corrected chi connectivity index (χ4v) is 3.79. The van der Waals surface area contributed by atoms with Gasteiger partial charge >= 0.3 is 5.97 Å². The third kappa shape index (κ3) is 5.93. The summed E-state index contributed by atoms with van der Waals surface area (Å²) in [6, 6.07) is 2.22. The number of aromatic nitrogens is 2. The highest BCUT2D eigenvalue weighted by molar-refractivity contribution is 7.98. The summed E-state index contributed by atoms with van der Waals surface area (Å²) in [7, 11) is 0. The van der Waals surface area contributed by atoms with Gasteiger partial charge in [0.15, 0.2) is 11.8 Å². The molecule has 1 fully saturated rings. The average molecular weight is 391 g/mol. The van der Waals surface area contributed by atoms with E-state index in [1.54, 1.807) is 0 Å². The van der Waals surface area contributed by atoms with E-state index in [-0.39, 0.29) is 13.0 Å².